The maximum absolute atomic E-state index is 11.9. The summed E-state index contributed by atoms with van der Waals surface area (Å²) in [4.78, 5) is 23.8. The number of halogens is 1. The fourth-order valence-corrected chi connectivity index (χ4v) is 2.53. The van der Waals surface area contributed by atoms with Crippen LogP contribution in [0.2, 0.25) is 0 Å². The molecule has 0 unspecified atom stereocenters. The molecule has 0 aromatic heterocycles. The Morgan fingerprint density at radius 2 is 1.85 bits per heavy atom. The zero-order chi connectivity index (χ0) is 14.5. The van der Waals surface area contributed by atoms with Crippen molar-refractivity contribution >= 4 is 33.5 Å². The molecule has 1 N–H and O–H groups in total. The van der Waals surface area contributed by atoms with Gasteiger partial charge in [0.25, 0.3) is 5.91 Å². The SMILES string of the molecule is C[C@@H](OC(=O)C1CCCC1)C(=O)Nc1ccc(Br)cc1. The van der Waals surface area contributed by atoms with Crippen LogP contribution in [0, 0.1) is 5.92 Å². The van der Waals surface area contributed by atoms with Crippen LogP contribution in [0.15, 0.2) is 28.7 Å². The van der Waals surface area contributed by atoms with Crippen molar-refractivity contribution in [2.45, 2.75) is 38.7 Å². The number of carbonyl (C=O) groups excluding carboxylic acids is 2. The van der Waals surface area contributed by atoms with Gasteiger partial charge < -0.3 is 10.1 Å². The van der Waals surface area contributed by atoms with E-state index in [0.29, 0.717) is 5.69 Å². The Bertz CT molecular complexity index is 480. The van der Waals surface area contributed by atoms with Gasteiger partial charge in [-0.25, -0.2) is 0 Å². The molecular weight excluding hydrogens is 322 g/mol. The normalized spacial score (nSPS) is 16.7. The summed E-state index contributed by atoms with van der Waals surface area (Å²) in [6.45, 7) is 1.60. The van der Waals surface area contributed by atoms with Crippen LogP contribution >= 0.6 is 15.9 Å². The predicted molar refractivity (Wildman–Crippen MR) is 80.3 cm³/mol. The second kappa shape index (κ2) is 6.88. The van der Waals surface area contributed by atoms with Crippen LogP contribution in [0.3, 0.4) is 0 Å². The van der Waals surface area contributed by atoms with Crippen molar-refractivity contribution in [3.63, 3.8) is 0 Å². The van der Waals surface area contributed by atoms with E-state index in [1.165, 1.54) is 0 Å². The predicted octanol–water partition coefficient (Wildman–Crippen LogP) is 3.51. The Hall–Kier alpha value is -1.36. The van der Waals surface area contributed by atoms with Gasteiger partial charge >= 0.3 is 5.97 Å². The standard InChI is InChI=1S/C15H18BrNO3/c1-10(20-15(19)11-4-2-3-5-11)14(18)17-13-8-6-12(16)7-9-13/h6-11H,2-5H2,1H3,(H,17,18)/t10-/m1/s1. The number of rotatable bonds is 4. The van der Waals surface area contributed by atoms with E-state index in [2.05, 4.69) is 21.2 Å². The maximum Gasteiger partial charge on any atom is 0.309 e. The Morgan fingerprint density at radius 3 is 2.45 bits per heavy atom. The quantitative estimate of drug-likeness (QED) is 0.854. The summed E-state index contributed by atoms with van der Waals surface area (Å²) >= 11 is 3.33. The highest BCUT2D eigenvalue weighted by atomic mass is 79.9. The molecule has 1 atom stereocenters. The zero-order valence-corrected chi connectivity index (χ0v) is 13.0. The molecule has 1 aromatic carbocycles. The van der Waals surface area contributed by atoms with Crippen molar-refractivity contribution in [3.8, 4) is 0 Å². The smallest absolute Gasteiger partial charge is 0.309 e. The molecule has 0 heterocycles. The van der Waals surface area contributed by atoms with Crippen LogP contribution in [-0.4, -0.2) is 18.0 Å². The Balaban J connectivity index is 1.85. The lowest BCUT2D eigenvalue weighted by Crippen LogP contribution is -2.31. The summed E-state index contributed by atoms with van der Waals surface area (Å²) in [6, 6.07) is 7.25. The lowest BCUT2D eigenvalue weighted by Gasteiger charge is -2.16. The van der Waals surface area contributed by atoms with Crippen LogP contribution in [0.4, 0.5) is 5.69 Å². The van der Waals surface area contributed by atoms with Crippen molar-refractivity contribution in [1.29, 1.82) is 0 Å². The monoisotopic (exact) mass is 339 g/mol. The van der Waals surface area contributed by atoms with E-state index in [1.807, 2.05) is 12.1 Å². The summed E-state index contributed by atoms with van der Waals surface area (Å²) in [5, 5.41) is 2.73. The first-order valence-electron chi connectivity index (χ1n) is 6.83. The molecule has 0 spiro atoms. The van der Waals surface area contributed by atoms with Crippen molar-refractivity contribution in [3.05, 3.63) is 28.7 Å². The first kappa shape index (κ1) is 15.0. The average molecular weight is 340 g/mol. The first-order valence-corrected chi connectivity index (χ1v) is 7.62. The van der Waals surface area contributed by atoms with Gasteiger partial charge in [-0.1, -0.05) is 28.8 Å². The highest BCUT2D eigenvalue weighted by Crippen LogP contribution is 2.26. The fraction of sp³-hybridized carbons (Fsp3) is 0.467. The molecule has 2 rings (SSSR count). The third-order valence-corrected chi connectivity index (χ3v) is 3.99. The van der Waals surface area contributed by atoms with Gasteiger partial charge in [0.2, 0.25) is 0 Å². The van der Waals surface area contributed by atoms with Crippen LogP contribution in [0.1, 0.15) is 32.6 Å². The topological polar surface area (TPSA) is 55.4 Å². The van der Waals surface area contributed by atoms with Gasteiger partial charge in [0.15, 0.2) is 6.10 Å². The second-order valence-corrected chi connectivity index (χ2v) is 5.97. The minimum atomic E-state index is -0.772. The molecule has 1 aromatic rings. The summed E-state index contributed by atoms with van der Waals surface area (Å²) < 4.78 is 6.17. The number of nitrogens with one attached hydrogen (secondary N) is 1. The summed E-state index contributed by atoms with van der Waals surface area (Å²) in [5.74, 6) is -0.586. The molecule has 108 valence electrons. The molecule has 1 fully saturated rings. The molecule has 0 aliphatic heterocycles. The van der Waals surface area contributed by atoms with Gasteiger partial charge in [-0.05, 0) is 44.0 Å². The van der Waals surface area contributed by atoms with Crippen molar-refractivity contribution < 1.29 is 14.3 Å². The van der Waals surface area contributed by atoms with Gasteiger partial charge in [-0.3, -0.25) is 9.59 Å². The van der Waals surface area contributed by atoms with Gasteiger partial charge in [0.05, 0.1) is 5.92 Å². The van der Waals surface area contributed by atoms with Gasteiger partial charge in [0.1, 0.15) is 0 Å². The largest absolute Gasteiger partial charge is 0.452 e. The molecule has 0 radical (unpaired) electrons. The highest BCUT2D eigenvalue weighted by molar-refractivity contribution is 9.10. The molecule has 1 amide bonds. The molecule has 20 heavy (non-hydrogen) atoms. The number of hydrogen-bond donors (Lipinski definition) is 1. The lowest BCUT2D eigenvalue weighted by atomic mass is 10.1. The maximum atomic E-state index is 11.9. The van der Waals surface area contributed by atoms with Gasteiger partial charge in [0, 0.05) is 10.2 Å². The van der Waals surface area contributed by atoms with Crippen LogP contribution < -0.4 is 5.32 Å². The first-order chi connectivity index (χ1) is 9.56. The Labute approximate surface area is 127 Å². The third kappa shape index (κ3) is 4.07. The number of benzene rings is 1. The number of amides is 1. The molecular formula is C15H18BrNO3. The number of carbonyl (C=O) groups is 2. The van der Waals surface area contributed by atoms with E-state index in [1.54, 1.807) is 19.1 Å². The summed E-state index contributed by atoms with van der Waals surface area (Å²) in [7, 11) is 0. The molecule has 0 bridgehead atoms. The molecule has 1 saturated carbocycles. The summed E-state index contributed by atoms with van der Waals surface area (Å²) in [5.41, 5.74) is 0.682. The van der Waals surface area contributed by atoms with Crippen molar-refractivity contribution in [2.75, 3.05) is 5.32 Å². The molecule has 5 heteroatoms. The van der Waals surface area contributed by atoms with Crippen molar-refractivity contribution in [2.24, 2.45) is 5.92 Å². The van der Waals surface area contributed by atoms with E-state index >= 15 is 0 Å². The van der Waals surface area contributed by atoms with Gasteiger partial charge in [-0.15, -0.1) is 0 Å². The number of ether oxygens (including phenoxy) is 1. The molecule has 1 aliphatic carbocycles. The third-order valence-electron chi connectivity index (χ3n) is 3.46. The molecule has 0 saturated heterocycles. The summed E-state index contributed by atoms with van der Waals surface area (Å²) in [6.07, 6.45) is 3.12. The molecule has 4 nitrogen and oxygen atoms in total. The minimum Gasteiger partial charge on any atom is -0.452 e. The van der Waals surface area contributed by atoms with E-state index in [4.69, 9.17) is 4.74 Å². The van der Waals surface area contributed by atoms with E-state index in [-0.39, 0.29) is 17.8 Å². The number of hydrogen-bond acceptors (Lipinski definition) is 3. The lowest BCUT2D eigenvalue weighted by molar-refractivity contribution is -0.157. The number of esters is 1. The van der Waals surface area contributed by atoms with Crippen LogP contribution in [0.25, 0.3) is 0 Å². The van der Waals surface area contributed by atoms with Crippen LogP contribution in [-0.2, 0) is 14.3 Å². The highest BCUT2D eigenvalue weighted by Gasteiger charge is 2.27. The Kier molecular flexibility index (Phi) is 5.17. The Morgan fingerprint density at radius 1 is 1.25 bits per heavy atom. The average Bonchev–Trinajstić information content (AvgIpc) is 2.95. The minimum absolute atomic E-state index is 0.0297. The van der Waals surface area contributed by atoms with Crippen LogP contribution in [0.5, 0.6) is 0 Å². The van der Waals surface area contributed by atoms with E-state index in [9.17, 15) is 9.59 Å². The second-order valence-electron chi connectivity index (χ2n) is 5.06. The van der Waals surface area contributed by atoms with E-state index in [0.717, 1.165) is 30.2 Å². The number of anilines is 1. The van der Waals surface area contributed by atoms with E-state index < -0.39 is 6.10 Å². The zero-order valence-electron chi connectivity index (χ0n) is 11.4. The fourth-order valence-electron chi connectivity index (χ4n) is 2.26. The van der Waals surface area contributed by atoms with Crippen molar-refractivity contribution in [1.82, 2.24) is 0 Å². The van der Waals surface area contributed by atoms with Gasteiger partial charge in [-0.2, -0.15) is 0 Å². The molecule has 1 aliphatic rings.